The summed E-state index contributed by atoms with van der Waals surface area (Å²) in [6, 6.07) is 0.870. The summed E-state index contributed by atoms with van der Waals surface area (Å²) in [6.45, 7) is -0.765. The van der Waals surface area contributed by atoms with Gasteiger partial charge in [-0.1, -0.05) is 0 Å². The summed E-state index contributed by atoms with van der Waals surface area (Å²) in [7, 11) is -4.42. The van der Waals surface area contributed by atoms with Crippen LogP contribution in [0, 0.1) is 5.82 Å². The smallest absolute Gasteiger partial charge is 0.395 e. The second-order valence-electron chi connectivity index (χ2n) is 4.71. The van der Waals surface area contributed by atoms with Gasteiger partial charge in [-0.25, -0.2) is 12.8 Å². The molecule has 0 aromatic heterocycles. The summed E-state index contributed by atoms with van der Waals surface area (Å²) in [4.78, 5) is -1.02. The maximum absolute atomic E-state index is 13.7. The van der Waals surface area contributed by atoms with E-state index in [1.165, 1.54) is 0 Å². The van der Waals surface area contributed by atoms with Gasteiger partial charge in [-0.05, 0) is 31.0 Å². The standard InChI is InChI=1S/C12H13F4NO3S/c13-10-4-1-8(12(14,15)16)7-11(10)21(19,20)17(5-6-18)9-2-3-9/h1,4,7,9,18H,2-3,5-6H2. The number of alkyl halides is 3. The van der Waals surface area contributed by atoms with Gasteiger partial charge in [-0.3, -0.25) is 0 Å². The number of halogens is 4. The molecule has 0 spiro atoms. The molecule has 0 saturated heterocycles. The lowest BCUT2D eigenvalue weighted by atomic mass is 10.2. The van der Waals surface area contributed by atoms with Crippen LogP contribution in [0.3, 0.4) is 0 Å². The third-order valence-electron chi connectivity index (χ3n) is 3.12. The fourth-order valence-electron chi connectivity index (χ4n) is 1.96. The monoisotopic (exact) mass is 327 g/mol. The number of hydrogen-bond acceptors (Lipinski definition) is 3. The molecule has 118 valence electrons. The zero-order valence-electron chi connectivity index (χ0n) is 10.8. The van der Waals surface area contributed by atoms with Crippen molar-refractivity contribution in [1.29, 1.82) is 0 Å². The molecule has 0 amide bonds. The van der Waals surface area contributed by atoms with Crippen LogP contribution in [0.1, 0.15) is 18.4 Å². The summed E-state index contributed by atoms with van der Waals surface area (Å²) in [5, 5.41) is 8.90. The van der Waals surface area contributed by atoms with Crippen molar-refractivity contribution in [3.8, 4) is 0 Å². The van der Waals surface area contributed by atoms with Crippen LogP contribution in [0.25, 0.3) is 0 Å². The van der Waals surface area contributed by atoms with Gasteiger partial charge < -0.3 is 5.11 Å². The third kappa shape index (κ3) is 3.35. The first-order chi connectivity index (χ1) is 9.67. The molecule has 1 aromatic carbocycles. The maximum atomic E-state index is 13.7. The molecule has 2 rings (SSSR count). The van der Waals surface area contributed by atoms with Gasteiger partial charge in [-0.15, -0.1) is 0 Å². The molecule has 0 unspecified atom stereocenters. The van der Waals surface area contributed by atoms with Crippen LogP contribution in [-0.4, -0.2) is 37.0 Å². The predicted octanol–water partition coefficient (Wildman–Crippen LogP) is 1.99. The van der Waals surface area contributed by atoms with Crippen molar-refractivity contribution in [3.63, 3.8) is 0 Å². The second kappa shape index (κ2) is 5.54. The van der Waals surface area contributed by atoms with Crippen LogP contribution in [0.4, 0.5) is 17.6 Å². The molecule has 4 nitrogen and oxygen atoms in total. The predicted molar refractivity (Wildman–Crippen MR) is 65.4 cm³/mol. The van der Waals surface area contributed by atoms with Crippen molar-refractivity contribution in [1.82, 2.24) is 4.31 Å². The molecule has 0 bridgehead atoms. The minimum atomic E-state index is -4.76. The Morgan fingerprint density at radius 3 is 2.38 bits per heavy atom. The van der Waals surface area contributed by atoms with Crippen LogP contribution in [0.2, 0.25) is 0 Å². The zero-order chi connectivity index (χ0) is 15.8. The summed E-state index contributed by atoms with van der Waals surface area (Å²) < 4.78 is 77.1. The Morgan fingerprint density at radius 2 is 1.90 bits per heavy atom. The number of aliphatic hydroxyl groups is 1. The summed E-state index contributed by atoms with van der Waals surface area (Å²) in [5.41, 5.74) is -1.23. The molecule has 21 heavy (non-hydrogen) atoms. The number of aliphatic hydroxyl groups excluding tert-OH is 1. The van der Waals surface area contributed by atoms with Crippen molar-refractivity contribution in [2.24, 2.45) is 0 Å². The van der Waals surface area contributed by atoms with Gasteiger partial charge in [0.05, 0.1) is 12.2 Å². The highest BCUT2D eigenvalue weighted by Gasteiger charge is 2.40. The van der Waals surface area contributed by atoms with Crippen LogP contribution in [0.15, 0.2) is 23.1 Å². The Hall–Kier alpha value is -1.19. The van der Waals surface area contributed by atoms with E-state index in [9.17, 15) is 26.0 Å². The van der Waals surface area contributed by atoms with Crippen molar-refractivity contribution >= 4 is 10.0 Å². The fraction of sp³-hybridized carbons (Fsp3) is 0.500. The fourth-order valence-corrected chi connectivity index (χ4v) is 3.73. The summed E-state index contributed by atoms with van der Waals surface area (Å²) in [5.74, 6) is -1.24. The summed E-state index contributed by atoms with van der Waals surface area (Å²) in [6.07, 6.45) is -3.68. The van der Waals surface area contributed by atoms with Crippen molar-refractivity contribution in [3.05, 3.63) is 29.6 Å². The first-order valence-corrected chi connectivity index (χ1v) is 7.61. The Bertz CT molecular complexity index is 626. The maximum Gasteiger partial charge on any atom is 0.416 e. The Morgan fingerprint density at radius 1 is 1.29 bits per heavy atom. The van der Waals surface area contributed by atoms with Gasteiger partial charge in [0.15, 0.2) is 0 Å². The number of sulfonamides is 1. The lowest BCUT2D eigenvalue weighted by Gasteiger charge is -2.21. The van der Waals surface area contributed by atoms with Crippen LogP contribution >= 0.6 is 0 Å². The molecule has 1 saturated carbocycles. The SMILES string of the molecule is O=S(=O)(c1cc(C(F)(F)F)ccc1F)N(CCO)C1CC1. The Balaban J connectivity index is 2.48. The van der Waals surface area contributed by atoms with Crippen LogP contribution in [0.5, 0.6) is 0 Å². The van der Waals surface area contributed by atoms with E-state index < -0.39 is 45.1 Å². The van der Waals surface area contributed by atoms with Crippen LogP contribution < -0.4 is 0 Å². The highest BCUT2D eigenvalue weighted by atomic mass is 32.2. The molecule has 1 aliphatic rings. The van der Waals surface area contributed by atoms with Crippen molar-refractivity contribution < 1.29 is 31.1 Å². The largest absolute Gasteiger partial charge is 0.416 e. The second-order valence-corrected chi connectivity index (χ2v) is 6.57. The molecule has 0 atom stereocenters. The molecular weight excluding hydrogens is 314 g/mol. The minimum absolute atomic E-state index is 0.275. The van der Waals surface area contributed by atoms with E-state index in [2.05, 4.69) is 0 Å². The van der Waals surface area contributed by atoms with E-state index >= 15 is 0 Å². The van der Waals surface area contributed by atoms with E-state index in [1.54, 1.807) is 0 Å². The number of nitrogens with zero attached hydrogens (tertiary/aromatic N) is 1. The zero-order valence-corrected chi connectivity index (χ0v) is 11.6. The topological polar surface area (TPSA) is 57.6 Å². The molecule has 0 aliphatic heterocycles. The number of rotatable bonds is 5. The van der Waals surface area contributed by atoms with Crippen molar-refractivity contribution in [2.75, 3.05) is 13.2 Å². The summed E-state index contributed by atoms with van der Waals surface area (Å²) >= 11 is 0. The quantitative estimate of drug-likeness (QED) is 0.842. The van der Waals surface area contributed by atoms with E-state index in [0.717, 1.165) is 4.31 Å². The molecular formula is C12H13F4NO3S. The molecule has 9 heteroatoms. The van der Waals surface area contributed by atoms with E-state index in [0.29, 0.717) is 25.0 Å². The Kier molecular flexibility index (Phi) is 4.27. The first kappa shape index (κ1) is 16.2. The third-order valence-corrected chi connectivity index (χ3v) is 5.09. The van der Waals surface area contributed by atoms with Gasteiger partial charge in [-0.2, -0.15) is 17.5 Å². The van der Waals surface area contributed by atoms with E-state index in [-0.39, 0.29) is 12.6 Å². The van der Waals surface area contributed by atoms with Crippen LogP contribution in [-0.2, 0) is 16.2 Å². The molecule has 0 heterocycles. The van der Waals surface area contributed by atoms with Gasteiger partial charge in [0.2, 0.25) is 10.0 Å². The Labute approximate surface area is 119 Å². The number of benzene rings is 1. The average Bonchev–Trinajstić information content (AvgIpc) is 3.18. The lowest BCUT2D eigenvalue weighted by molar-refractivity contribution is -0.137. The van der Waals surface area contributed by atoms with Crippen molar-refractivity contribution in [2.45, 2.75) is 30.0 Å². The average molecular weight is 327 g/mol. The first-order valence-electron chi connectivity index (χ1n) is 6.17. The molecule has 1 fully saturated rings. The molecule has 1 aromatic rings. The molecule has 0 radical (unpaired) electrons. The van der Waals surface area contributed by atoms with Gasteiger partial charge in [0, 0.05) is 12.6 Å². The van der Waals surface area contributed by atoms with E-state index in [4.69, 9.17) is 5.11 Å². The highest BCUT2D eigenvalue weighted by Crippen LogP contribution is 2.35. The normalized spacial score (nSPS) is 16.5. The minimum Gasteiger partial charge on any atom is -0.395 e. The van der Waals surface area contributed by atoms with E-state index in [1.807, 2.05) is 0 Å². The van der Waals surface area contributed by atoms with Gasteiger partial charge >= 0.3 is 6.18 Å². The molecule has 1 N–H and O–H groups in total. The number of hydrogen-bond donors (Lipinski definition) is 1. The van der Waals surface area contributed by atoms with Gasteiger partial charge in [0.25, 0.3) is 0 Å². The highest BCUT2D eigenvalue weighted by molar-refractivity contribution is 7.89. The lowest BCUT2D eigenvalue weighted by Crippen LogP contribution is -2.36. The molecule has 1 aliphatic carbocycles. The van der Waals surface area contributed by atoms with Gasteiger partial charge in [0.1, 0.15) is 10.7 Å².